The molecule has 4 rings (SSSR count). The molecule has 0 saturated carbocycles. The summed E-state index contributed by atoms with van der Waals surface area (Å²) in [7, 11) is 0. The Hall–Kier alpha value is -2.40. The number of fused-ring (bicyclic) bond motifs is 1. The molecular weight excluding hydrogens is 326 g/mol. The number of rotatable bonds is 4. The van der Waals surface area contributed by atoms with Crippen molar-refractivity contribution in [2.45, 2.75) is 37.8 Å². The molecule has 2 aliphatic rings. The molecule has 26 heavy (non-hydrogen) atoms. The first-order valence-corrected chi connectivity index (χ1v) is 9.44. The first-order chi connectivity index (χ1) is 12.7. The molecule has 1 aromatic carbocycles. The second-order valence-electron chi connectivity index (χ2n) is 7.07. The van der Waals surface area contributed by atoms with E-state index in [4.69, 9.17) is 4.74 Å². The molecule has 0 aliphatic carbocycles. The third-order valence-corrected chi connectivity index (χ3v) is 5.43. The average molecular weight is 351 g/mol. The van der Waals surface area contributed by atoms with Crippen LogP contribution < -0.4 is 10.1 Å². The molecule has 2 aliphatic heterocycles. The van der Waals surface area contributed by atoms with E-state index in [1.54, 1.807) is 6.20 Å². The summed E-state index contributed by atoms with van der Waals surface area (Å²) in [6.45, 7) is 4.38. The van der Waals surface area contributed by atoms with Crippen molar-refractivity contribution < 1.29 is 9.53 Å². The van der Waals surface area contributed by atoms with Crippen LogP contribution in [0.5, 0.6) is 5.75 Å². The van der Waals surface area contributed by atoms with E-state index >= 15 is 0 Å². The third kappa shape index (κ3) is 3.07. The van der Waals surface area contributed by atoms with E-state index in [0.29, 0.717) is 19.4 Å². The number of aromatic nitrogens is 1. The number of nitrogens with one attached hydrogen (secondary N) is 1. The molecule has 1 amide bonds. The van der Waals surface area contributed by atoms with E-state index in [1.165, 1.54) is 0 Å². The van der Waals surface area contributed by atoms with E-state index in [9.17, 15) is 4.79 Å². The molecule has 0 spiro atoms. The monoisotopic (exact) mass is 351 g/mol. The number of benzene rings is 1. The maximum atomic E-state index is 13.5. The molecule has 0 radical (unpaired) electrons. The molecule has 1 fully saturated rings. The minimum Gasteiger partial charge on any atom is -0.477 e. The van der Waals surface area contributed by atoms with Crippen LogP contribution in [0.25, 0.3) is 10.9 Å². The van der Waals surface area contributed by atoms with E-state index in [1.807, 2.05) is 35.2 Å². The van der Waals surface area contributed by atoms with Crippen LogP contribution in [0.3, 0.4) is 0 Å². The number of piperidine rings is 1. The minimum absolute atomic E-state index is 0.113. The quantitative estimate of drug-likeness (QED) is 0.861. The van der Waals surface area contributed by atoms with Gasteiger partial charge in [0.05, 0.1) is 11.6 Å². The summed E-state index contributed by atoms with van der Waals surface area (Å²) in [6, 6.07) is 9.97. The van der Waals surface area contributed by atoms with E-state index in [-0.39, 0.29) is 11.9 Å². The fraction of sp³-hybridized carbons (Fsp3) is 0.429. The predicted molar refractivity (Wildman–Crippen MR) is 102 cm³/mol. The highest BCUT2D eigenvalue weighted by atomic mass is 16.5. The van der Waals surface area contributed by atoms with Crippen molar-refractivity contribution in [3.63, 3.8) is 0 Å². The highest BCUT2D eigenvalue weighted by Gasteiger charge is 2.46. The lowest BCUT2D eigenvalue weighted by Gasteiger charge is -2.40. The number of amides is 1. The summed E-state index contributed by atoms with van der Waals surface area (Å²) in [6.07, 6.45) is 8.30. The van der Waals surface area contributed by atoms with Gasteiger partial charge in [-0.3, -0.25) is 9.78 Å². The van der Waals surface area contributed by atoms with Gasteiger partial charge in [-0.2, -0.15) is 0 Å². The van der Waals surface area contributed by atoms with Gasteiger partial charge in [-0.1, -0.05) is 25.1 Å². The Balaban J connectivity index is 1.64. The number of pyridine rings is 1. The molecule has 5 heteroatoms. The van der Waals surface area contributed by atoms with Crippen LogP contribution in [0.1, 0.15) is 26.2 Å². The van der Waals surface area contributed by atoms with Crippen molar-refractivity contribution in [1.82, 2.24) is 15.2 Å². The molecule has 1 atom stereocenters. The number of hydrogen-bond acceptors (Lipinski definition) is 4. The Morgan fingerprint density at radius 2 is 2.19 bits per heavy atom. The van der Waals surface area contributed by atoms with Crippen LogP contribution in [0.4, 0.5) is 0 Å². The minimum atomic E-state index is -0.791. The zero-order valence-corrected chi connectivity index (χ0v) is 15.1. The van der Waals surface area contributed by atoms with E-state index in [0.717, 1.165) is 36.2 Å². The second-order valence-corrected chi connectivity index (χ2v) is 7.07. The maximum Gasteiger partial charge on any atom is 0.267 e. The first-order valence-electron chi connectivity index (χ1n) is 9.44. The molecule has 1 saturated heterocycles. The lowest BCUT2D eigenvalue weighted by atomic mass is 9.89. The molecule has 5 nitrogen and oxygen atoms in total. The van der Waals surface area contributed by atoms with E-state index < -0.39 is 5.60 Å². The smallest absolute Gasteiger partial charge is 0.267 e. The molecular formula is C21H25N3O2. The van der Waals surface area contributed by atoms with Crippen molar-refractivity contribution in [2.24, 2.45) is 0 Å². The largest absolute Gasteiger partial charge is 0.477 e. The first kappa shape index (κ1) is 17.0. The highest BCUT2D eigenvalue weighted by Crippen LogP contribution is 2.32. The summed E-state index contributed by atoms with van der Waals surface area (Å²) < 4.78 is 6.43. The van der Waals surface area contributed by atoms with Gasteiger partial charge in [0, 0.05) is 31.0 Å². The molecule has 136 valence electrons. The van der Waals surface area contributed by atoms with Crippen molar-refractivity contribution >= 4 is 16.8 Å². The normalized spacial score (nSPS) is 21.9. The molecule has 2 aromatic rings. The Labute approximate surface area is 154 Å². The fourth-order valence-electron chi connectivity index (χ4n) is 3.96. The molecule has 3 heterocycles. The number of carbonyl (C=O) groups is 1. The predicted octanol–water partition coefficient (Wildman–Crippen LogP) is 2.91. The Morgan fingerprint density at radius 3 is 3.00 bits per heavy atom. The van der Waals surface area contributed by atoms with Crippen LogP contribution in [0, 0.1) is 0 Å². The van der Waals surface area contributed by atoms with Gasteiger partial charge < -0.3 is 15.0 Å². The van der Waals surface area contributed by atoms with Gasteiger partial charge in [0.1, 0.15) is 5.75 Å². The molecule has 0 bridgehead atoms. The summed E-state index contributed by atoms with van der Waals surface area (Å²) in [4.78, 5) is 19.8. The SMILES string of the molecule is CCC1C=CCN1C(=O)C1(Oc2ccc3ncccc3c2)CCNCC1. The van der Waals surface area contributed by atoms with Gasteiger partial charge >= 0.3 is 0 Å². The Morgan fingerprint density at radius 1 is 1.35 bits per heavy atom. The van der Waals surface area contributed by atoms with E-state index in [2.05, 4.69) is 29.4 Å². The molecule has 1 aromatic heterocycles. The lowest BCUT2D eigenvalue weighted by Crippen LogP contribution is -2.58. The van der Waals surface area contributed by atoms with Crippen LogP contribution in [0.2, 0.25) is 0 Å². The van der Waals surface area contributed by atoms with Crippen LogP contribution in [-0.2, 0) is 4.79 Å². The molecule has 1 unspecified atom stereocenters. The maximum absolute atomic E-state index is 13.5. The Bertz CT molecular complexity index is 827. The van der Waals surface area contributed by atoms with Gasteiger partial charge in [0.25, 0.3) is 5.91 Å². The summed E-state index contributed by atoms with van der Waals surface area (Å²) in [5.41, 5.74) is 0.140. The summed E-state index contributed by atoms with van der Waals surface area (Å²) in [5, 5.41) is 4.37. The number of carbonyl (C=O) groups excluding carboxylic acids is 1. The topological polar surface area (TPSA) is 54.5 Å². The second kappa shape index (κ2) is 7.08. The average Bonchev–Trinajstić information content (AvgIpc) is 3.16. The standard InChI is InChI=1S/C21H25N3O2/c1-2-17-6-4-14-24(17)20(25)21(9-12-22-13-10-21)26-18-7-8-19-16(15-18)5-3-11-23-19/h3-8,11,15,17,22H,2,9-10,12-14H2,1H3. The van der Waals surface area contributed by atoms with Crippen molar-refractivity contribution in [3.8, 4) is 5.75 Å². The highest BCUT2D eigenvalue weighted by molar-refractivity contribution is 5.87. The third-order valence-electron chi connectivity index (χ3n) is 5.43. The van der Waals surface area contributed by atoms with Gasteiger partial charge in [0.15, 0.2) is 5.60 Å². The van der Waals surface area contributed by atoms with Gasteiger partial charge in [-0.25, -0.2) is 0 Å². The molecule has 1 N–H and O–H groups in total. The van der Waals surface area contributed by atoms with Crippen LogP contribution in [-0.4, -0.2) is 47.1 Å². The van der Waals surface area contributed by atoms with Crippen molar-refractivity contribution in [2.75, 3.05) is 19.6 Å². The number of ether oxygens (including phenoxy) is 1. The summed E-state index contributed by atoms with van der Waals surface area (Å²) >= 11 is 0. The van der Waals surface area contributed by atoms with Gasteiger partial charge in [0.2, 0.25) is 0 Å². The zero-order chi connectivity index (χ0) is 18.0. The van der Waals surface area contributed by atoms with Gasteiger partial charge in [-0.15, -0.1) is 0 Å². The van der Waals surface area contributed by atoms with Crippen molar-refractivity contribution in [3.05, 3.63) is 48.7 Å². The van der Waals surface area contributed by atoms with Crippen LogP contribution in [0.15, 0.2) is 48.7 Å². The van der Waals surface area contributed by atoms with Gasteiger partial charge in [-0.05, 0) is 43.8 Å². The number of hydrogen-bond donors (Lipinski definition) is 1. The number of nitrogens with zero attached hydrogens (tertiary/aromatic N) is 2. The zero-order valence-electron chi connectivity index (χ0n) is 15.1. The van der Waals surface area contributed by atoms with Crippen molar-refractivity contribution in [1.29, 1.82) is 0 Å². The lowest BCUT2D eigenvalue weighted by molar-refractivity contribution is -0.151. The van der Waals surface area contributed by atoms with Crippen LogP contribution >= 0.6 is 0 Å². The Kier molecular flexibility index (Phi) is 4.64. The fourth-order valence-corrected chi connectivity index (χ4v) is 3.96. The summed E-state index contributed by atoms with van der Waals surface area (Å²) in [5.74, 6) is 0.850.